The van der Waals surface area contributed by atoms with Crippen LogP contribution in [0, 0.1) is 0 Å². The predicted octanol–water partition coefficient (Wildman–Crippen LogP) is 3.93. The highest BCUT2D eigenvalue weighted by atomic mass is 35.5. The molecule has 0 aliphatic heterocycles. The first-order valence-electron chi connectivity index (χ1n) is 5.97. The van der Waals surface area contributed by atoms with Gasteiger partial charge in [0.05, 0.1) is 6.61 Å². The zero-order chi connectivity index (χ0) is 12.8. The lowest BCUT2D eigenvalue weighted by Gasteiger charge is -2.06. The van der Waals surface area contributed by atoms with Crippen molar-refractivity contribution in [3.63, 3.8) is 0 Å². The molecule has 0 aromatic heterocycles. The summed E-state index contributed by atoms with van der Waals surface area (Å²) in [5, 5.41) is 0.784. The molecule has 2 nitrogen and oxygen atoms in total. The summed E-state index contributed by atoms with van der Waals surface area (Å²) in [5.41, 5.74) is 7.59. The fourth-order valence-corrected chi connectivity index (χ4v) is 1.94. The second-order valence-electron chi connectivity index (χ2n) is 4.15. The van der Waals surface area contributed by atoms with Gasteiger partial charge in [-0.3, -0.25) is 0 Å². The molecule has 0 saturated heterocycles. The van der Waals surface area contributed by atoms with Crippen LogP contribution in [-0.2, 0) is 6.42 Å². The summed E-state index contributed by atoms with van der Waals surface area (Å²) in [7, 11) is 0. The lowest BCUT2D eigenvalue weighted by Crippen LogP contribution is -1.99. The monoisotopic (exact) mass is 261 g/mol. The number of aryl methyl sites for hydroxylation is 1. The van der Waals surface area contributed by atoms with Gasteiger partial charge in [0.1, 0.15) is 5.75 Å². The Morgan fingerprint density at radius 2 is 1.83 bits per heavy atom. The maximum atomic E-state index is 5.93. The number of hydrogen-bond donors (Lipinski definition) is 1. The number of halogens is 1. The normalized spacial score (nSPS) is 10.3. The summed E-state index contributed by atoms with van der Waals surface area (Å²) in [6.45, 7) is 0.691. The number of rotatable bonds is 5. The molecule has 2 aromatic carbocycles. The van der Waals surface area contributed by atoms with Crippen molar-refractivity contribution in [2.24, 2.45) is 0 Å². The molecule has 0 amide bonds. The Morgan fingerprint density at radius 1 is 1.06 bits per heavy atom. The van der Waals surface area contributed by atoms with E-state index in [0.717, 1.165) is 29.3 Å². The van der Waals surface area contributed by atoms with Gasteiger partial charge < -0.3 is 10.5 Å². The molecule has 2 rings (SSSR count). The molecule has 3 heteroatoms. The first kappa shape index (κ1) is 12.8. The van der Waals surface area contributed by atoms with Crippen molar-refractivity contribution in [2.45, 2.75) is 12.8 Å². The van der Waals surface area contributed by atoms with Crippen LogP contribution in [0.2, 0.25) is 5.02 Å². The number of nitrogens with two attached hydrogens (primary N) is 1. The van der Waals surface area contributed by atoms with Crippen molar-refractivity contribution < 1.29 is 4.74 Å². The molecular formula is C15H16ClNO. The van der Waals surface area contributed by atoms with E-state index in [0.29, 0.717) is 6.61 Å². The van der Waals surface area contributed by atoms with Crippen molar-refractivity contribution in [1.29, 1.82) is 0 Å². The van der Waals surface area contributed by atoms with Crippen LogP contribution < -0.4 is 10.5 Å². The van der Waals surface area contributed by atoms with Crippen LogP contribution in [0.25, 0.3) is 0 Å². The number of anilines is 1. The SMILES string of the molecule is Nc1ccc(OCCCc2cccc(Cl)c2)cc1. The molecule has 0 spiro atoms. The Hall–Kier alpha value is -1.67. The van der Waals surface area contributed by atoms with Crippen LogP contribution >= 0.6 is 11.6 Å². The number of hydrogen-bond acceptors (Lipinski definition) is 2. The van der Waals surface area contributed by atoms with Gasteiger partial charge in [-0.1, -0.05) is 23.7 Å². The summed E-state index contributed by atoms with van der Waals surface area (Å²) in [4.78, 5) is 0. The second-order valence-corrected chi connectivity index (χ2v) is 4.59. The smallest absolute Gasteiger partial charge is 0.119 e. The van der Waals surface area contributed by atoms with E-state index in [9.17, 15) is 0 Å². The third-order valence-corrected chi connectivity index (χ3v) is 2.88. The Balaban J connectivity index is 1.74. The molecule has 0 fully saturated rings. The van der Waals surface area contributed by atoms with E-state index < -0.39 is 0 Å². The van der Waals surface area contributed by atoms with Gasteiger partial charge in [0.2, 0.25) is 0 Å². The third kappa shape index (κ3) is 3.97. The van der Waals surface area contributed by atoms with Gasteiger partial charge in [-0.05, 0) is 54.8 Å². The fraction of sp³-hybridized carbons (Fsp3) is 0.200. The second kappa shape index (κ2) is 6.31. The maximum Gasteiger partial charge on any atom is 0.119 e. The standard InChI is InChI=1S/C15H16ClNO/c16-13-5-1-3-12(11-13)4-2-10-18-15-8-6-14(17)7-9-15/h1,3,5-9,11H,2,4,10,17H2. The van der Waals surface area contributed by atoms with Gasteiger partial charge in [0.15, 0.2) is 0 Å². The van der Waals surface area contributed by atoms with Crippen molar-refractivity contribution in [3.05, 3.63) is 59.1 Å². The molecule has 0 saturated carbocycles. The molecule has 0 unspecified atom stereocenters. The van der Waals surface area contributed by atoms with Crippen LogP contribution in [0.15, 0.2) is 48.5 Å². The summed E-state index contributed by atoms with van der Waals surface area (Å²) >= 11 is 5.93. The first-order chi connectivity index (χ1) is 8.74. The average molecular weight is 262 g/mol. The van der Waals surface area contributed by atoms with E-state index in [-0.39, 0.29) is 0 Å². The maximum absolute atomic E-state index is 5.93. The van der Waals surface area contributed by atoms with Crippen molar-refractivity contribution in [3.8, 4) is 5.75 Å². The van der Waals surface area contributed by atoms with Gasteiger partial charge in [-0.2, -0.15) is 0 Å². The van der Waals surface area contributed by atoms with Crippen molar-refractivity contribution >= 4 is 17.3 Å². The number of nitrogen functional groups attached to an aromatic ring is 1. The van der Waals surface area contributed by atoms with Crippen molar-refractivity contribution in [2.75, 3.05) is 12.3 Å². The quantitative estimate of drug-likeness (QED) is 0.654. The Bertz CT molecular complexity index is 496. The summed E-state index contributed by atoms with van der Waals surface area (Å²) < 4.78 is 5.62. The van der Waals surface area contributed by atoms with E-state index in [4.69, 9.17) is 22.1 Å². The molecular weight excluding hydrogens is 246 g/mol. The Kier molecular flexibility index (Phi) is 4.48. The Morgan fingerprint density at radius 3 is 2.56 bits per heavy atom. The predicted molar refractivity (Wildman–Crippen MR) is 76.1 cm³/mol. The van der Waals surface area contributed by atoms with Crippen LogP contribution in [0.1, 0.15) is 12.0 Å². The highest BCUT2D eigenvalue weighted by Crippen LogP contribution is 2.15. The zero-order valence-corrected chi connectivity index (χ0v) is 10.9. The third-order valence-electron chi connectivity index (χ3n) is 2.65. The van der Waals surface area contributed by atoms with Gasteiger partial charge in [-0.15, -0.1) is 0 Å². The molecule has 0 bridgehead atoms. The molecule has 2 aromatic rings. The van der Waals surface area contributed by atoms with Crippen molar-refractivity contribution in [1.82, 2.24) is 0 Å². The largest absolute Gasteiger partial charge is 0.494 e. The minimum absolute atomic E-state index is 0.691. The van der Waals surface area contributed by atoms with Gasteiger partial charge in [-0.25, -0.2) is 0 Å². The van der Waals surface area contributed by atoms with E-state index in [1.807, 2.05) is 42.5 Å². The lowest BCUT2D eigenvalue weighted by atomic mass is 10.1. The molecule has 0 radical (unpaired) electrons. The molecule has 0 atom stereocenters. The molecule has 2 N–H and O–H groups in total. The number of benzene rings is 2. The van der Waals surface area contributed by atoms with Gasteiger partial charge in [0.25, 0.3) is 0 Å². The average Bonchev–Trinajstić information content (AvgIpc) is 2.37. The first-order valence-corrected chi connectivity index (χ1v) is 6.34. The number of ether oxygens (including phenoxy) is 1. The highest BCUT2D eigenvalue weighted by Gasteiger charge is 1.96. The van der Waals surface area contributed by atoms with E-state index in [1.165, 1.54) is 5.56 Å². The van der Waals surface area contributed by atoms with Crippen LogP contribution in [-0.4, -0.2) is 6.61 Å². The summed E-state index contributed by atoms with van der Waals surface area (Å²) in [6.07, 6.45) is 1.93. The Labute approximate surface area is 112 Å². The summed E-state index contributed by atoms with van der Waals surface area (Å²) in [5.74, 6) is 0.857. The molecule has 0 aliphatic carbocycles. The zero-order valence-electron chi connectivity index (χ0n) is 10.1. The minimum atomic E-state index is 0.691. The fourth-order valence-electron chi connectivity index (χ4n) is 1.72. The van der Waals surface area contributed by atoms with E-state index in [1.54, 1.807) is 0 Å². The van der Waals surface area contributed by atoms with Gasteiger partial charge >= 0.3 is 0 Å². The van der Waals surface area contributed by atoms with Crippen LogP contribution in [0.5, 0.6) is 5.75 Å². The summed E-state index contributed by atoms with van der Waals surface area (Å²) in [6, 6.07) is 15.4. The van der Waals surface area contributed by atoms with E-state index in [2.05, 4.69) is 6.07 Å². The minimum Gasteiger partial charge on any atom is -0.494 e. The molecule has 0 aliphatic rings. The van der Waals surface area contributed by atoms with Gasteiger partial charge in [0, 0.05) is 10.7 Å². The van der Waals surface area contributed by atoms with E-state index >= 15 is 0 Å². The van der Waals surface area contributed by atoms with Crippen LogP contribution in [0.3, 0.4) is 0 Å². The topological polar surface area (TPSA) is 35.2 Å². The lowest BCUT2D eigenvalue weighted by molar-refractivity contribution is 0.311. The molecule has 94 valence electrons. The molecule has 0 heterocycles. The molecule has 18 heavy (non-hydrogen) atoms. The highest BCUT2D eigenvalue weighted by molar-refractivity contribution is 6.30. The van der Waals surface area contributed by atoms with Crippen LogP contribution in [0.4, 0.5) is 5.69 Å².